The smallest absolute Gasteiger partial charge is 0.229 e. The predicted molar refractivity (Wildman–Crippen MR) is 28.7 cm³/mol. The van der Waals surface area contributed by atoms with Crippen LogP contribution in [0.5, 0.6) is 0 Å². The lowest BCUT2D eigenvalue weighted by Gasteiger charge is -1.81. The van der Waals surface area contributed by atoms with Gasteiger partial charge in [0, 0.05) is 0 Å². The summed E-state index contributed by atoms with van der Waals surface area (Å²) >= 11 is 5.01. The highest BCUT2D eigenvalue weighted by Gasteiger charge is 2.00. The van der Waals surface area contributed by atoms with Crippen molar-refractivity contribution < 1.29 is 4.79 Å². The van der Waals surface area contributed by atoms with Gasteiger partial charge in [0.2, 0.25) is 5.24 Å². The molecule has 0 aliphatic rings. The number of tetrazole rings is 1. The van der Waals surface area contributed by atoms with Gasteiger partial charge in [-0.25, -0.2) is 5.10 Å². The van der Waals surface area contributed by atoms with E-state index in [9.17, 15) is 4.79 Å². The summed E-state index contributed by atoms with van der Waals surface area (Å²) in [5.74, 6) is 0.384. The van der Waals surface area contributed by atoms with Crippen molar-refractivity contribution in [2.24, 2.45) is 0 Å². The fourth-order valence-electron chi connectivity index (χ4n) is 0.385. The zero-order valence-electron chi connectivity index (χ0n) is 4.33. The van der Waals surface area contributed by atoms with Gasteiger partial charge in [0.15, 0.2) is 5.82 Å². The van der Waals surface area contributed by atoms with Crippen molar-refractivity contribution in [1.82, 2.24) is 20.6 Å². The average molecular weight is 147 g/mol. The lowest BCUT2D eigenvalue weighted by Crippen LogP contribution is -1.95. The van der Waals surface area contributed by atoms with Crippen molar-refractivity contribution in [2.45, 2.75) is 6.42 Å². The fraction of sp³-hybridized carbons (Fsp3) is 0.333. The van der Waals surface area contributed by atoms with E-state index in [0.29, 0.717) is 5.82 Å². The minimum Gasteiger partial charge on any atom is -0.281 e. The Morgan fingerprint density at radius 2 is 2.56 bits per heavy atom. The normalized spacial score (nSPS) is 9.44. The van der Waals surface area contributed by atoms with Crippen LogP contribution in [0.2, 0.25) is 0 Å². The Hall–Kier alpha value is -0.970. The molecule has 1 rings (SSSR count). The molecule has 48 valence electrons. The second-order valence-electron chi connectivity index (χ2n) is 1.38. The Labute approximate surface area is 55.4 Å². The third kappa shape index (κ3) is 1.77. The molecule has 0 aliphatic heterocycles. The minimum atomic E-state index is -0.478. The van der Waals surface area contributed by atoms with Crippen molar-refractivity contribution in [3.63, 3.8) is 0 Å². The summed E-state index contributed by atoms with van der Waals surface area (Å²) in [6.45, 7) is 0. The third-order valence-electron chi connectivity index (χ3n) is 0.696. The number of aromatic nitrogens is 4. The van der Waals surface area contributed by atoms with Crippen LogP contribution in [0.15, 0.2) is 0 Å². The highest BCUT2D eigenvalue weighted by molar-refractivity contribution is 6.63. The minimum absolute atomic E-state index is 0.0502. The van der Waals surface area contributed by atoms with Crippen molar-refractivity contribution in [2.75, 3.05) is 0 Å². The molecule has 0 bridgehead atoms. The molecule has 1 N–H and O–H groups in total. The zero-order chi connectivity index (χ0) is 6.69. The maximum absolute atomic E-state index is 10.2. The van der Waals surface area contributed by atoms with Crippen molar-refractivity contribution in [3.05, 3.63) is 5.82 Å². The van der Waals surface area contributed by atoms with Crippen LogP contribution in [0.4, 0.5) is 0 Å². The monoisotopic (exact) mass is 146 g/mol. The summed E-state index contributed by atoms with van der Waals surface area (Å²) in [7, 11) is 0. The van der Waals surface area contributed by atoms with Gasteiger partial charge >= 0.3 is 0 Å². The summed E-state index contributed by atoms with van der Waals surface area (Å²) in [6.07, 6.45) is 0.0502. The Balaban J connectivity index is 2.58. The summed E-state index contributed by atoms with van der Waals surface area (Å²) in [5.41, 5.74) is 0. The number of H-pyrrole nitrogens is 1. The van der Waals surface area contributed by atoms with E-state index in [1.54, 1.807) is 0 Å². The van der Waals surface area contributed by atoms with E-state index in [2.05, 4.69) is 20.6 Å². The molecular formula is C3H3ClN4O. The fourth-order valence-corrected chi connectivity index (χ4v) is 0.512. The van der Waals surface area contributed by atoms with E-state index < -0.39 is 5.24 Å². The number of carbonyl (C=O) groups is 1. The number of hydrogen-bond donors (Lipinski definition) is 1. The number of hydrogen-bond acceptors (Lipinski definition) is 4. The molecule has 1 aromatic rings. The topological polar surface area (TPSA) is 71.5 Å². The van der Waals surface area contributed by atoms with Crippen molar-refractivity contribution in [3.8, 4) is 0 Å². The van der Waals surface area contributed by atoms with Gasteiger partial charge in [-0.05, 0) is 22.0 Å². The van der Waals surface area contributed by atoms with Crippen LogP contribution in [0.1, 0.15) is 5.82 Å². The van der Waals surface area contributed by atoms with Gasteiger partial charge in [-0.3, -0.25) is 4.79 Å². The van der Waals surface area contributed by atoms with Gasteiger partial charge in [0.25, 0.3) is 0 Å². The summed E-state index contributed by atoms with van der Waals surface area (Å²) in [6, 6.07) is 0. The molecule has 5 nitrogen and oxygen atoms in total. The molecule has 0 aliphatic carbocycles. The van der Waals surface area contributed by atoms with Crippen LogP contribution in [0.25, 0.3) is 0 Å². The molecule has 9 heavy (non-hydrogen) atoms. The first-order valence-corrected chi connectivity index (χ1v) is 2.58. The highest BCUT2D eigenvalue weighted by Crippen LogP contribution is 1.89. The highest BCUT2D eigenvalue weighted by atomic mass is 35.5. The van der Waals surface area contributed by atoms with E-state index in [0.717, 1.165) is 0 Å². The number of rotatable bonds is 2. The zero-order valence-corrected chi connectivity index (χ0v) is 5.09. The molecule has 1 heterocycles. The van der Waals surface area contributed by atoms with E-state index >= 15 is 0 Å². The molecule has 0 atom stereocenters. The number of nitrogens with zero attached hydrogens (tertiary/aromatic N) is 3. The molecule has 0 fully saturated rings. The van der Waals surface area contributed by atoms with Crippen LogP contribution in [-0.4, -0.2) is 25.9 Å². The maximum Gasteiger partial charge on any atom is 0.229 e. The molecule has 0 saturated heterocycles. The summed E-state index contributed by atoms with van der Waals surface area (Å²) in [5, 5.41) is 11.8. The number of nitrogens with one attached hydrogen (secondary N) is 1. The molecule has 0 radical (unpaired) electrons. The molecular weight excluding hydrogens is 144 g/mol. The first kappa shape index (κ1) is 6.15. The van der Waals surface area contributed by atoms with Crippen LogP contribution >= 0.6 is 11.6 Å². The first-order valence-electron chi connectivity index (χ1n) is 2.20. The van der Waals surface area contributed by atoms with Gasteiger partial charge in [0.05, 0.1) is 6.42 Å². The largest absolute Gasteiger partial charge is 0.281 e. The maximum atomic E-state index is 10.2. The second-order valence-corrected chi connectivity index (χ2v) is 1.80. The lowest BCUT2D eigenvalue weighted by molar-refractivity contribution is -0.111. The van der Waals surface area contributed by atoms with Gasteiger partial charge in [-0.1, -0.05) is 0 Å². The predicted octanol–water partition coefficient (Wildman–Crippen LogP) is -0.492. The van der Waals surface area contributed by atoms with Crippen molar-refractivity contribution >= 4 is 16.8 Å². The number of aromatic amines is 1. The molecule has 0 aromatic carbocycles. The van der Waals surface area contributed by atoms with E-state index in [4.69, 9.17) is 11.6 Å². The SMILES string of the molecule is O=C(Cl)Cc1nnn[nH]1. The van der Waals surface area contributed by atoms with Crippen LogP contribution in [0.3, 0.4) is 0 Å². The Morgan fingerprint density at radius 3 is 3.00 bits per heavy atom. The summed E-state index contributed by atoms with van der Waals surface area (Å²) in [4.78, 5) is 10.2. The molecule has 0 spiro atoms. The van der Waals surface area contributed by atoms with E-state index in [-0.39, 0.29) is 6.42 Å². The third-order valence-corrected chi connectivity index (χ3v) is 0.829. The molecule has 0 amide bonds. The van der Waals surface area contributed by atoms with E-state index in [1.165, 1.54) is 0 Å². The lowest BCUT2D eigenvalue weighted by atomic mass is 10.5. The Morgan fingerprint density at radius 1 is 1.78 bits per heavy atom. The number of halogens is 1. The second kappa shape index (κ2) is 2.54. The Kier molecular flexibility index (Phi) is 1.74. The first-order chi connectivity index (χ1) is 4.29. The quantitative estimate of drug-likeness (QED) is 0.572. The molecule has 1 aromatic heterocycles. The van der Waals surface area contributed by atoms with Gasteiger partial charge < -0.3 is 0 Å². The van der Waals surface area contributed by atoms with Crippen LogP contribution < -0.4 is 0 Å². The summed E-state index contributed by atoms with van der Waals surface area (Å²) < 4.78 is 0. The number of carbonyl (C=O) groups excluding carboxylic acids is 1. The van der Waals surface area contributed by atoms with Crippen LogP contribution in [0, 0.1) is 0 Å². The standard InChI is InChI=1S/C3H3ClN4O/c4-2(9)1-3-5-7-8-6-3/h1H2,(H,5,6,7,8). The van der Waals surface area contributed by atoms with Gasteiger partial charge in [-0.15, -0.1) is 5.10 Å². The molecule has 0 saturated carbocycles. The van der Waals surface area contributed by atoms with Crippen molar-refractivity contribution in [1.29, 1.82) is 0 Å². The van der Waals surface area contributed by atoms with Gasteiger partial charge in [-0.2, -0.15) is 0 Å². The van der Waals surface area contributed by atoms with Gasteiger partial charge in [0.1, 0.15) is 0 Å². The Bertz CT molecular complexity index is 196. The average Bonchev–Trinajstić information content (AvgIpc) is 2.15. The molecule has 0 unspecified atom stereocenters. The van der Waals surface area contributed by atoms with E-state index in [1.807, 2.05) is 0 Å². The van der Waals surface area contributed by atoms with Crippen LogP contribution in [-0.2, 0) is 11.2 Å². The molecule has 6 heteroatoms.